The van der Waals surface area contributed by atoms with Crippen molar-refractivity contribution in [1.29, 1.82) is 0 Å². The van der Waals surface area contributed by atoms with E-state index in [-0.39, 0.29) is 5.41 Å². The fraction of sp³-hybridized carbons (Fsp3) is 0.169. The highest BCUT2D eigenvalue weighted by molar-refractivity contribution is 8.00. The molecule has 5 heteroatoms. The minimum absolute atomic E-state index is 0.259. The minimum atomic E-state index is -0.259. The van der Waals surface area contributed by atoms with E-state index in [4.69, 9.17) is 4.98 Å². The molecule has 2 atom stereocenters. The van der Waals surface area contributed by atoms with Crippen LogP contribution < -0.4 is 4.90 Å². The van der Waals surface area contributed by atoms with E-state index in [0.717, 1.165) is 41.9 Å². The molecular weight excluding hydrogens is 815 g/mol. The summed E-state index contributed by atoms with van der Waals surface area (Å²) in [5.74, 6) is 0.380. The van der Waals surface area contributed by atoms with Gasteiger partial charge in [-0.1, -0.05) is 124 Å². The van der Waals surface area contributed by atoms with Crippen LogP contribution in [0.4, 0.5) is 5.69 Å². The number of thiazole rings is 1. The summed E-state index contributed by atoms with van der Waals surface area (Å²) in [4.78, 5) is 9.10. The molecule has 4 heterocycles. The van der Waals surface area contributed by atoms with Crippen molar-refractivity contribution in [3.8, 4) is 16.8 Å². The van der Waals surface area contributed by atoms with E-state index in [1.807, 2.05) is 11.8 Å². The number of benzene rings is 5. The first-order valence-electron chi connectivity index (χ1n) is 22.7. The summed E-state index contributed by atoms with van der Waals surface area (Å²) in [6.07, 6.45) is 31.8. The summed E-state index contributed by atoms with van der Waals surface area (Å²) in [5, 5.41) is 4.02. The molecule has 3 aliphatic carbocycles. The van der Waals surface area contributed by atoms with Crippen molar-refractivity contribution in [2.24, 2.45) is 0 Å². The summed E-state index contributed by atoms with van der Waals surface area (Å²) in [7, 11) is 0. The van der Waals surface area contributed by atoms with Gasteiger partial charge in [0.1, 0.15) is 5.01 Å². The number of rotatable bonds is 7. The lowest BCUT2D eigenvalue weighted by atomic mass is 9.72. The summed E-state index contributed by atoms with van der Waals surface area (Å²) in [5.41, 5.74) is 18.1. The molecule has 7 aromatic rings. The summed E-state index contributed by atoms with van der Waals surface area (Å²) in [6, 6.07) is 37.0. The molecule has 312 valence electrons. The van der Waals surface area contributed by atoms with Crippen LogP contribution in [0.1, 0.15) is 74.1 Å². The predicted molar refractivity (Wildman–Crippen MR) is 276 cm³/mol. The van der Waals surface area contributed by atoms with Crippen LogP contribution in [0.2, 0.25) is 0 Å². The van der Waals surface area contributed by atoms with E-state index in [1.165, 1.54) is 93.0 Å². The van der Waals surface area contributed by atoms with E-state index in [0.29, 0.717) is 11.2 Å². The van der Waals surface area contributed by atoms with Crippen molar-refractivity contribution in [3.05, 3.63) is 215 Å². The van der Waals surface area contributed by atoms with E-state index >= 15 is 0 Å². The normalized spacial score (nSPS) is 19.9. The average molecular weight is 864 g/mol. The molecule has 0 radical (unpaired) electrons. The zero-order chi connectivity index (χ0) is 43.1. The number of allylic oxidation sites excluding steroid dienone is 14. The van der Waals surface area contributed by atoms with Crippen molar-refractivity contribution in [1.82, 2.24) is 9.55 Å². The number of aromatic nitrogens is 2. The predicted octanol–water partition coefficient (Wildman–Crippen LogP) is 16.4. The number of thioether (sulfide) groups is 1. The minimum Gasteiger partial charge on any atom is -0.310 e. The van der Waals surface area contributed by atoms with Gasteiger partial charge in [-0.05, 0) is 138 Å². The van der Waals surface area contributed by atoms with Gasteiger partial charge in [-0.2, -0.15) is 0 Å². The number of hydrogen-bond donors (Lipinski definition) is 0. The summed E-state index contributed by atoms with van der Waals surface area (Å²) in [6.45, 7) is 11.2. The molecule has 0 fully saturated rings. The zero-order valence-electron chi connectivity index (χ0n) is 36.5. The SMILES string of the molecule is C=CC1=C(/C=C\C)N(C2=CCCC=C2)c2ccc(-c3ccc4c(c3)c3cc5sc(C6=CCCC=C6)nc5cc3n4-c3cccc(C4=CC5c6ccccc6SC5C=C4)c3)cc2C1(C)C. The Balaban J connectivity index is 1.02. The van der Waals surface area contributed by atoms with Crippen LogP contribution in [-0.4, -0.2) is 14.8 Å². The number of hydrogen-bond acceptors (Lipinski definition) is 4. The molecule has 3 nitrogen and oxygen atoms in total. The van der Waals surface area contributed by atoms with Gasteiger partial charge in [0.2, 0.25) is 0 Å². The van der Waals surface area contributed by atoms with Crippen molar-refractivity contribution in [2.75, 3.05) is 4.90 Å². The average Bonchev–Trinajstić information content (AvgIpc) is 4.02. The van der Waals surface area contributed by atoms with Gasteiger partial charge in [-0.15, -0.1) is 23.1 Å². The molecule has 2 aliphatic heterocycles. The molecule has 2 aromatic heterocycles. The molecule has 0 N–H and O–H groups in total. The topological polar surface area (TPSA) is 21.1 Å². The van der Waals surface area contributed by atoms with Crippen molar-refractivity contribution >= 4 is 72.0 Å². The molecule has 5 aromatic carbocycles. The van der Waals surface area contributed by atoms with Crippen molar-refractivity contribution in [2.45, 2.75) is 67.9 Å². The molecule has 0 spiro atoms. The monoisotopic (exact) mass is 863 g/mol. The van der Waals surface area contributed by atoms with Crippen LogP contribution >= 0.6 is 23.1 Å². The van der Waals surface area contributed by atoms with Crippen LogP contribution in [-0.2, 0) is 5.41 Å². The summed E-state index contributed by atoms with van der Waals surface area (Å²) < 4.78 is 3.68. The van der Waals surface area contributed by atoms with Crippen molar-refractivity contribution < 1.29 is 0 Å². The molecule has 0 saturated carbocycles. The van der Waals surface area contributed by atoms with Crippen LogP contribution in [0, 0.1) is 0 Å². The number of fused-ring (bicyclic) bond motifs is 8. The second-order valence-electron chi connectivity index (χ2n) is 18.0. The van der Waals surface area contributed by atoms with Crippen molar-refractivity contribution in [3.63, 3.8) is 0 Å². The molecule has 0 bridgehead atoms. The standard InChI is InChI=1S/C59H49N3S2/c1-5-16-52-48(6-2)59(3,4)49-34-41(26-29-53(49)61(52)42-20-11-8-12-21-42)39-25-28-51-45(32-39)46-35-57-50(60-58(64-57)37-17-9-7-10-18-37)36-54(46)62(51)43-22-15-19-38(31-43)40-27-30-56-47(33-40)44-23-13-14-24-55(44)63-56/h5-6,9,11,13-36,47,56H,2,7-8,10,12H2,1,3-4H3/b16-5-. The quantitative estimate of drug-likeness (QED) is 0.159. The zero-order valence-corrected chi connectivity index (χ0v) is 38.1. The number of anilines is 1. The molecular formula is C59H49N3S2. The fourth-order valence-electron chi connectivity index (χ4n) is 10.7. The Kier molecular flexibility index (Phi) is 9.43. The maximum Gasteiger partial charge on any atom is 0.124 e. The maximum atomic E-state index is 5.26. The van der Waals surface area contributed by atoms with Gasteiger partial charge in [0, 0.05) is 54.9 Å². The fourth-order valence-corrected chi connectivity index (χ4v) is 13.0. The van der Waals surface area contributed by atoms with Crippen LogP contribution in [0.5, 0.6) is 0 Å². The molecule has 12 rings (SSSR count). The van der Waals surface area contributed by atoms with Crippen LogP contribution in [0.15, 0.2) is 198 Å². The lowest BCUT2D eigenvalue weighted by Gasteiger charge is -2.43. The molecule has 0 saturated heterocycles. The third-order valence-electron chi connectivity index (χ3n) is 13.9. The van der Waals surface area contributed by atoms with Gasteiger partial charge in [-0.3, -0.25) is 0 Å². The number of nitrogens with zero attached hydrogens (tertiary/aromatic N) is 3. The van der Waals surface area contributed by atoms with E-state index < -0.39 is 0 Å². The van der Waals surface area contributed by atoms with Gasteiger partial charge < -0.3 is 9.47 Å². The highest BCUT2D eigenvalue weighted by Crippen LogP contribution is 2.51. The Morgan fingerprint density at radius 3 is 2.42 bits per heavy atom. The first kappa shape index (κ1) is 39.2. The van der Waals surface area contributed by atoms with Gasteiger partial charge in [0.25, 0.3) is 0 Å². The molecule has 0 amide bonds. The largest absolute Gasteiger partial charge is 0.310 e. The molecule has 5 aliphatic rings. The Hall–Kier alpha value is -6.40. The Labute approximate surface area is 384 Å². The van der Waals surface area contributed by atoms with Gasteiger partial charge >= 0.3 is 0 Å². The first-order valence-corrected chi connectivity index (χ1v) is 24.4. The maximum absolute atomic E-state index is 5.26. The Morgan fingerprint density at radius 2 is 1.59 bits per heavy atom. The lowest BCUT2D eigenvalue weighted by Crippen LogP contribution is -2.35. The van der Waals surface area contributed by atoms with Gasteiger partial charge in [0.05, 0.1) is 26.9 Å². The second kappa shape index (κ2) is 15.4. The first-order chi connectivity index (χ1) is 31.4. The summed E-state index contributed by atoms with van der Waals surface area (Å²) >= 11 is 3.79. The van der Waals surface area contributed by atoms with Gasteiger partial charge in [-0.25, -0.2) is 4.98 Å². The smallest absolute Gasteiger partial charge is 0.124 e. The second-order valence-corrected chi connectivity index (χ2v) is 20.3. The lowest BCUT2D eigenvalue weighted by molar-refractivity contribution is 0.619. The third kappa shape index (κ3) is 6.27. The molecule has 64 heavy (non-hydrogen) atoms. The third-order valence-corrected chi connectivity index (χ3v) is 16.3. The highest BCUT2D eigenvalue weighted by Gasteiger charge is 2.38. The van der Waals surface area contributed by atoms with Crippen LogP contribution in [0.3, 0.4) is 0 Å². The van der Waals surface area contributed by atoms with E-state index in [9.17, 15) is 0 Å². The Morgan fingerprint density at radius 1 is 0.766 bits per heavy atom. The van der Waals surface area contributed by atoms with E-state index in [1.54, 1.807) is 11.3 Å². The highest BCUT2D eigenvalue weighted by atomic mass is 32.2. The van der Waals surface area contributed by atoms with Gasteiger partial charge in [0.15, 0.2) is 0 Å². The molecule has 2 unspecified atom stereocenters. The van der Waals surface area contributed by atoms with Crippen LogP contribution in [0.25, 0.3) is 60.0 Å². The Bertz CT molecular complexity index is 3390. The van der Waals surface area contributed by atoms with E-state index in [2.05, 4.69) is 207 Å².